The number of thiazole rings is 1. The maximum absolute atomic E-state index is 5.52. The van der Waals surface area contributed by atoms with Gasteiger partial charge in [0.1, 0.15) is 0 Å². The molecule has 0 saturated carbocycles. The minimum absolute atomic E-state index is 0.488. The Morgan fingerprint density at radius 3 is 3.24 bits per heavy atom. The van der Waals surface area contributed by atoms with Crippen LogP contribution < -0.4 is 10.2 Å². The predicted molar refractivity (Wildman–Crippen MR) is 71.7 cm³/mol. The molecule has 96 valence electrons. The van der Waals surface area contributed by atoms with Gasteiger partial charge in [-0.3, -0.25) is 0 Å². The number of rotatable bonds is 5. The van der Waals surface area contributed by atoms with E-state index in [2.05, 4.69) is 29.0 Å². The van der Waals surface area contributed by atoms with Crippen LogP contribution in [0.4, 0.5) is 5.13 Å². The number of nitrogens with one attached hydrogen (secondary N) is 1. The Kier molecular flexibility index (Phi) is 4.76. The van der Waals surface area contributed by atoms with Crippen LogP contribution in [0.3, 0.4) is 0 Å². The van der Waals surface area contributed by atoms with Crippen molar-refractivity contribution in [3.63, 3.8) is 0 Å². The van der Waals surface area contributed by atoms with Gasteiger partial charge >= 0.3 is 0 Å². The van der Waals surface area contributed by atoms with E-state index in [1.165, 1.54) is 4.88 Å². The van der Waals surface area contributed by atoms with Crippen molar-refractivity contribution < 1.29 is 4.74 Å². The summed E-state index contributed by atoms with van der Waals surface area (Å²) in [6, 6.07) is 0.488. The third kappa shape index (κ3) is 3.18. The summed E-state index contributed by atoms with van der Waals surface area (Å²) >= 11 is 1.80. The molecule has 1 aliphatic rings. The zero-order valence-corrected chi connectivity index (χ0v) is 11.4. The number of nitrogens with zero attached hydrogens (tertiary/aromatic N) is 2. The molecule has 0 spiro atoms. The summed E-state index contributed by atoms with van der Waals surface area (Å²) in [5.41, 5.74) is 0. The van der Waals surface area contributed by atoms with Gasteiger partial charge in [0.05, 0.1) is 19.3 Å². The van der Waals surface area contributed by atoms with Gasteiger partial charge in [-0.05, 0) is 13.0 Å². The van der Waals surface area contributed by atoms with E-state index in [4.69, 9.17) is 4.74 Å². The van der Waals surface area contributed by atoms with E-state index in [-0.39, 0.29) is 0 Å². The lowest BCUT2D eigenvalue weighted by molar-refractivity contribution is 0.0930. The van der Waals surface area contributed by atoms with Crippen LogP contribution in [-0.2, 0) is 11.3 Å². The van der Waals surface area contributed by atoms with Crippen LogP contribution in [0, 0.1) is 0 Å². The first-order valence-corrected chi connectivity index (χ1v) is 7.16. The van der Waals surface area contributed by atoms with Gasteiger partial charge in [0.25, 0.3) is 0 Å². The van der Waals surface area contributed by atoms with Crippen molar-refractivity contribution in [1.82, 2.24) is 10.3 Å². The van der Waals surface area contributed by atoms with E-state index in [0.717, 1.165) is 44.4 Å². The van der Waals surface area contributed by atoms with Crippen molar-refractivity contribution in [3.8, 4) is 0 Å². The van der Waals surface area contributed by atoms with Gasteiger partial charge < -0.3 is 15.0 Å². The molecule has 0 aromatic carbocycles. The van der Waals surface area contributed by atoms with Crippen molar-refractivity contribution in [2.24, 2.45) is 0 Å². The molecule has 1 aliphatic heterocycles. The number of hydrogen-bond acceptors (Lipinski definition) is 5. The van der Waals surface area contributed by atoms with Gasteiger partial charge in [-0.25, -0.2) is 4.98 Å². The van der Waals surface area contributed by atoms with Gasteiger partial charge in [-0.2, -0.15) is 0 Å². The molecular weight excluding hydrogens is 234 g/mol. The summed E-state index contributed by atoms with van der Waals surface area (Å²) in [7, 11) is 0. The lowest BCUT2D eigenvalue weighted by Crippen LogP contribution is -2.45. The van der Waals surface area contributed by atoms with Crippen molar-refractivity contribution >= 4 is 16.5 Å². The van der Waals surface area contributed by atoms with Crippen LogP contribution in [0.5, 0.6) is 0 Å². The normalized spacial score (nSPS) is 20.8. The fourth-order valence-electron chi connectivity index (χ4n) is 2.00. The fraction of sp³-hybridized carbons (Fsp3) is 0.750. The third-order valence-corrected chi connectivity index (χ3v) is 4.07. The van der Waals surface area contributed by atoms with Crippen molar-refractivity contribution in [1.29, 1.82) is 0 Å². The van der Waals surface area contributed by atoms with Crippen molar-refractivity contribution in [2.45, 2.75) is 32.9 Å². The fourth-order valence-corrected chi connectivity index (χ4v) is 2.98. The number of aromatic nitrogens is 1. The van der Waals surface area contributed by atoms with Gasteiger partial charge in [-0.15, -0.1) is 11.3 Å². The molecule has 1 N–H and O–H groups in total. The maximum atomic E-state index is 5.52. The Morgan fingerprint density at radius 1 is 1.59 bits per heavy atom. The number of morpholine rings is 1. The molecule has 1 saturated heterocycles. The van der Waals surface area contributed by atoms with Gasteiger partial charge in [0, 0.05) is 24.2 Å². The average Bonchev–Trinajstić information content (AvgIpc) is 2.85. The van der Waals surface area contributed by atoms with Crippen LogP contribution in [-0.4, -0.2) is 37.3 Å². The predicted octanol–water partition coefficient (Wildman–Crippen LogP) is 1.87. The Labute approximate surface area is 107 Å². The molecule has 0 radical (unpaired) electrons. The Bertz CT molecular complexity index is 342. The standard InChI is InChI=1S/C12H21N3OS/c1-3-10-9-16-6-5-15(10)12-14-8-11(17-12)7-13-4-2/h8,10,13H,3-7,9H2,1-2H3. The minimum atomic E-state index is 0.488. The molecule has 1 atom stereocenters. The first kappa shape index (κ1) is 12.8. The highest BCUT2D eigenvalue weighted by Gasteiger charge is 2.23. The molecule has 5 heteroatoms. The van der Waals surface area contributed by atoms with Crippen molar-refractivity contribution in [2.75, 3.05) is 31.2 Å². The Morgan fingerprint density at radius 2 is 2.47 bits per heavy atom. The first-order valence-electron chi connectivity index (χ1n) is 6.35. The minimum Gasteiger partial charge on any atom is -0.377 e. The molecule has 17 heavy (non-hydrogen) atoms. The van der Waals surface area contributed by atoms with E-state index < -0.39 is 0 Å². The molecule has 0 bridgehead atoms. The second-order valence-electron chi connectivity index (χ2n) is 4.22. The molecule has 4 nitrogen and oxygen atoms in total. The lowest BCUT2D eigenvalue weighted by atomic mass is 10.2. The van der Waals surface area contributed by atoms with E-state index in [1.54, 1.807) is 11.3 Å². The summed E-state index contributed by atoms with van der Waals surface area (Å²) < 4.78 is 5.52. The van der Waals surface area contributed by atoms with E-state index in [9.17, 15) is 0 Å². The summed E-state index contributed by atoms with van der Waals surface area (Å²) in [6.07, 6.45) is 3.10. The largest absolute Gasteiger partial charge is 0.377 e. The Balaban J connectivity index is 2.02. The second kappa shape index (κ2) is 6.33. The summed E-state index contributed by atoms with van der Waals surface area (Å²) in [4.78, 5) is 8.24. The average molecular weight is 255 g/mol. The molecule has 1 aromatic rings. The number of hydrogen-bond donors (Lipinski definition) is 1. The van der Waals surface area contributed by atoms with E-state index in [1.807, 2.05) is 6.20 Å². The van der Waals surface area contributed by atoms with E-state index >= 15 is 0 Å². The molecule has 2 rings (SSSR count). The SMILES string of the molecule is CCNCc1cnc(N2CCOCC2CC)s1. The lowest BCUT2D eigenvalue weighted by Gasteiger charge is -2.34. The van der Waals surface area contributed by atoms with Gasteiger partial charge in [0.2, 0.25) is 0 Å². The maximum Gasteiger partial charge on any atom is 0.185 e. The topological polar surface area (TPSA) is 37.4 Å². The van der Waals surface area contributed by atoms with Crippen LogP contribution >= 0.6 is 11.3 Å². The highest BCUT2D eigenvalue weighted by Crippen LogP contribution is 2.26. The molecule has 2 heterocycles. The Hall–Kier alpha value is -0.650. The molecule has 0 amide bonds. The van der Waals surface area contributed by atoms with Gasteiger partial charge in [0.15, 0.2) is 5.13 Å². The van der Waals surface area contributed by atoms with Crippen LogP contribution in [0.2, 0.25) is 0 Å². The van der Waals surface area contributed by atoms with Crippen LogP contribution in [0.25, 0.3) is 0 Å². The summed E-state index contributed by atoms with van der Waals surface area (Å²) in [5, 5.41) is 4.48. The van der Waals surface area contributed by atoms with E-state index in [0.29, 0.717) is 6.04 Å². The first-order chi connectivity index (χ1) is 8.35. The molecular formula is C12H21N3OS. The third-order valence-electron chi connectivity index (χ3n) is 3.04. The summed E-state index contributed by atoms with van der Waals surface area (Å²) in [5.74, 6) is 0. The molecule has 0 aliphatic carbocycles. The zero-order chi connectivity index (χ0) is 12.1. The molecule has 1 fully saturated rings. The highest BCUT2D eigenvalue weighted by molar-refractivity contribution is 7.15. The van der Waals surface area contributed by atoms with Crippen LogP contribution in [0.15, 0.2) is 6.20 Å². The molecule has 1 aromatic heterocycles. The highest BCUT2D eigenvalue weighted by atomic mass is 32.1. The number of ether oxygens (including phenoxy) is 1. The quantitative estimate of drug-likeness (QED) is 0.871. The second-order valence-corrected chi connectivity index (χ2v) is 5.31. The van der Waals surface area contributed by atoms with Crippen molar-refractivity contribution in [3.05, 3.63) is 11.1 Å². The number of anilines is 1. The van der Waals surface area contributed by atoms with Gasteiger partial charge in [-0.1, -0.05) is 13.8 Å². The smallest absolute Gasteiger partial charge is 0.185 e. The van der Waals surface area contributed by atoms with Crippen LogP contribution in [0.1, 0.15) is 25.1 Å². The monoisotopic (exact) mass is 255 g/mol. The zero-order valence-electron chi connectivity index (χ0n) is 10.6. The summed E-state index contributed by atoms with van der Waals surface area (Å²) in [6.45, 7) is 8.87. The molecule has 1 unspecified atom stereocenters.